The number of aromatic nitrogens is 1. The van der Waals surface area contributed by atoms with Crippen molar-refractivity contribution < 1.29 is 19.0 Å². The van der Waals surface area contributed by atoms with E-state index in [0.717, 1.165) is 0 Å². The molecule has 0 bridgehead atoms. The first-order valence-electron chi connectivity index (χ1n) is 11.4. The zero-order chi connectivity index (χ0) is 25.8. The maximum atomic E-state index is 13.8. The molecule has 0 unspecified atom stereocenters. The molecule has 1 heterocycles. The van der Waals surface area contributed by atoms with Crippen molar-refractivity contribution in [1.29, 1.82) is 0 Å². The van der Waals surface area contributed by atoms with E-state index in [-0.39, 0.29) is 24.9 Å². The van der Waals surface area contributed by atoms with Gasteiger partial charge >= 0.3 is 6.09 Å². The van der Waals surface area contributed by atoms with Gasteiger partial charge in [0, 0.05) is 28.9 Å². The Morgan fingerprint density at radius 1 is 1.14 bits per heavy atom. The summed E-state index contributed by atoms with van der Waals surface area (Å²) in [6.07, 6.45) is -0.606. The Bertz CT molecular complexity index is 1260. The van der Waals surface area contributed by atoms with Crippen LogP contribution in [0, 0.1) is 12.4 Å². The van der Waals surface area contributed by atoms with E-state index in [0.29, 0.717) is 44.9 Å². The molecular formula is C28H30FN3O3. The maximum Gasteiger partial charge on any atom is 0.407 e. The summed E-state index contributed by atoms with van der Waals surface area (Å²) in [6.45, 7) is 16.7. The van der Waals surface area contributed by atoms with Gasteiger partial charge in [-0.25, -0.2) is 14.0 Å². The van der Waals surface area contributed by atoms with Gasteiger partial charge in [0.15, 0.2) is 5.69 Å². The van der Waals surface area contributed by atoms with Crippen LogP contribution in [-0.2, 0) is 17.9 Å². The van der Waals surface area contributed by atoms with Gasteiger partial charge in [-0.1, -0.05) is 50.2 Å². The lowest BCUT2D eigenvalue weighted by Crippen LogP contribution is -2.32. The lowest BCUT2D eigenvalue weighted by molar-refractivity contribution is 0.0523. The topological polar surface area (TPSA) is 75.8 Å². The van der Waals surface area contributed by atoms with Crippen LogP contribution in [0.15, 0.2) is 48.5 Å². The predicted molar refractivity (Wildman–Crippen MR) is 134 cm³/mol. The molecule has 1 amide bonds. The van der Waals surface area contributed by atoms with Gasteiger partial charge in [-0.15, -0.1) is 0 Å². The quantitative estimate of drug-likeness (QED) is 0.387. The summed E-state index contributed by atoms with van der Waals surface area (Å²) in [7, 11) is 0. The van der Waals surface area contributed by atoms with E-state index in [1.807, 2.05) is 26.0 Å². The molecule has 0 aliphatic carbocycles. The highest BCUT2D eigenvalue weighted by Gasteiger charge is 2.25. The number of aliphatic hydroxyl groups excluding tert-OH is 1. The van der Waals surface area contributed by atoms with Gasteiger partial charge in [0.2, 0.25) is 0 Å². The van der Waals surface area contributed by atoms with Crippen LogP contribution in [0.25, 0.3) is 27.2 Å². The highest BCUT2D eigenvalue weighted by atomic mass is 19.1. The van der Waals surface area contributed by atoms with Crippen LogP contribution in [0.2, 0.25) is 0 Å². The number of alkyl carbamates (subject to hydrolysis) is 1. The molecule has 0 saturated heterocycles. The first-order chi connectivity index (χ1) is 16.6. The van der Waals surface area contributed by atoms with Crippen molar-refractivity contribution in [2.45, 2.75) is 59.3 Å². The van der Waals surface area contributed by atoms with Crippen LogP contribution < -0.4 is 5.32 Å². The molecule has 3 aromatic rings. The number of hydrogen-bond donors (Lipinski definition) is 2. The summed E-state index contributed by atoms with van der Waals surface area (Å²) in [4.78, 5) is 21.1. The van der Waals surface area contributed by atoms with Crippen LogP contribution in [0.5, 0.6) is 0 Å². The fourth-order valence-electron chi connectivity index (χ4n) is 3.93. The monoisotopic (exact) mass is 475 g/mol. The van der Waals surface area contributed by atoms with Crippen molar-refractivity contribution in [3.05, 3.63) is 82.6 Å². The number of pyridine rings is 1. The number of nitrogens with one attached hydrogen (secondary N) is 1. The molecule has 7 heteroatoms. The Hall–Kier alpha value is -3.76. The maximum absolute atomic E-state index is 13.8. The third-order valence-electron chi connectivity index (χ3n) is 5.36. The first-order valence-corrected chi connectivity index (χ1v) is 11.4. The van der Waals surface area contributed by atoms with Crippen LogP contribution in [0.4, 0.5) is 14.9 Å². The fraction of sp³-hybridized carbons (Fsp3) is 0.321. The van der Waals surface area contributed by atoms with E-state index in [9.17, 15) is 14.3 Å². The van der Waals surface area contributed by atoms with E-state index in [1.165, 1.54) is 12.1 Å². The molecule has 2 aromatic carbocycles. The minimum Gasteiger partial charge on any atom is -0.444 e. The number of para-hydroxylation sites is 1. The lowest BCUT2D eigenvalue weighted by Gasteiger charge is -2.24. The molecule has 6 nitrogen and oxygen atoms in total. The normalized spacial score (nSPS) is 11.3. The van der Waals surface area contributed by atoms with E-state index < -0.39 is 11.7 Å². The molecule has 0 radical (unpaired) electrons. The van der Waals surface area contributed by atoms with Crippen molar-refractivity contribution >= 4 is 11.8 Å². The summed E-state index contributed by atoms with van der Waals surface area (Å²) >= 11 is 0. The number of amides is 1. The number of hydrogen-bond acceptors (Lipinski definition) is 4. The summed E-state index contributed by atoms with van der Waals surface area (Å²) in [5.74, 6) is -0.424. The number of aliphatic hydroxyl groups is 1. The van der Waals surface area contributed by atoms with Gasteiger partial charge in [-0.3, -0.25) is 4.98 Å². The van der Waals surface area contributed by atoms with Crippen molar-refractivity contribution in [1.82, 2.24) is 10.3 Å². The number of benzene rings is 2. The Balaban J connectivity index is 2.33. The molecule has 0 aliphatic heterocycles. The molecule has 35 heavy (non-hydrogen) atoms. The number of carbonyl (C=O) groups is 1. The lowest BCUT2D eigenvalue weighted by atomic mass is 9.87. The largest absolute Gasteiger partial charge is 0.444 e. The molecule has 0 aliphatic rings. The SMILES string of the molecule is [C-]#[N+]c1ccccc1-c1nc(C(C)C)c(CO)c(-c2ccc(F)cc2)c1CNC(=O)OC(C)(C)C. The number of ether oxygens (including phenoxy) is 1. The number of nitrogens with zero attached hydrogens (tertiary/aromatic N) is 2. The zero-order valence-corrected chi connectivity index (χ0v) is 20.6. The molecule has 182 valence electrons. The summed E-state index contributed by atoms with van der Waals surface area (Å²) in [6, 6.07) is 13.1. The molecule has 0 atom stereocenters. The number of carbonyl (C=O) groups excluding carboxylic acids is 1. The van der Waals surface area contributed by atoms with Gasteiger partial charge in [0.1, 0.15) is 11.4 Å². The van der Waals surface area contributed by atoms with Crippen LogP contribution in [0.3, 0.4) is 0 Å². The highest BCUT2D eigenvalue weighted by Crippen LogP contribution is 2.40. The van der Waals surface area contributed by atoms with Crippen LogP contribution >= 0.6 is 0 Å². The number of halogens is 1. The van der Waals surface area contributed by atoms with Crippen molar-refractivity contribution in [2.75, 3.05) is 0 Å². The van der Waals surface area contributed by atoms with Crippen molar-refractivity contribution in [2.24, 2.45) is 0 Å². The smallest absolute Gasteiger partial charge is 0.407 e. The average molecular weight is 476 g/mol. The molecule has 1 aromatic heterocycles. The van der Waals surface area contributed by atoms with Crippen molar-refractivity contribution in [3.63, 3.8) is 0 Å². The standard InChI is InChI=1S/C28H30FN3O3/c1-17(2)25-22(16-33)24(18-11-13-19(29)14-12-18)21(15-31-27(34)35-28(3,4)5)26(32-25)20-9-7-8-10-23(20)30-6/h7-14,17,33H,15-16H2,1-5H3,(H,31,34). The molecular weight excluding hydrogens is 445 g/mol. The van der Waals surface area contributed by atoms with Crippen molar-refractivity contribution in [3.8, 4) is 22.4 Å². The van der Waals surface area contributed by atoms with E-state index in [4.69, 9.17) is 16.3 Å². The highest BCUT2D eigenvalue weighted by molar-refractivity contribution is 5.85. The van der Waals surface area contributed by atoms with E-state index >= 15 is 0 Å². The van der Waals surface area contributed by atoms with Gasteiger partial charge in [0.05, 0.1) is 18.9 Å². The minimum absolute atomic E-state index is 0.0294. The Kier molecular flexibility index (Phi) is 7.88. The molecule has 3 rings (SSSR count). The molecule has 0 saturated carbocycles. The van der Waals surface area contributed by atoms with E-state index in [1.54, 1.807) is 45.0 Å². The van der Waals surface area contributed by atoms with Gasteiger partial charge in [0.25, 0.3) is 0 Å². The first kappa shape index (κ1) is 25.9. The summed E-state index contributed by atoms with van der Waals surface area (Å²) < 4.78 is 19.2. The predicted octanol–water partition coefficient (Wildman–Crippen LogP) is 6.75. The molecule has 2 N–H and O–H groups in total. The number of rotatable bonds is 6. The molecule has 0 spiro atoms. The Morgan fingerprint density at radius 3 is 2.37 bits per heavy atom. The van der Waals surface area contributed by atoms with Crippen LogP contribution in [0.1, 0.15) is 57.4 Å². The second-order valence-corrected chi connectivity index (χ2v) is 9.48. The summed E-state index contributed by atoms with van der Waals surface area (Å²) in [5.41, 5.74) is 4.05. The van der Waals surface area contributed by atoms with Crippen LogP contribution in [-0.4, -0.2) is 21.8 Å². The Morgan fingerprint density at radius 2 is 1.80 bits per heavy atom. The molecule has 0 fully saturated rings. The van der Waals surface area contributed by atoms with E-state index in [2.05, 4.69) is 10.2 Å². The third kappa shape index (κ3) is 6.03. The van der Waals surface area contributed by atoms with Gasteiger partial charge in [-0.05, 0) is 49.9 Å². The van der Waals surface area contributed by atoms with Gasteiger partial charge in [-0.2, -0.15) is 0 Å². The Labute approximate surface area is 205 Å². The average Bonchev–Trinajstić information content (AvgIpc) is 2.81. The zero-order valence-electron chi connectivity index (χ0n) is 20.6. The fourth-order valence-corrected chi connectivity index (χ4v) is 3.93. The van der Waals surface area contributed by atoms with Gasteiger partial charge < -0.3 is 15.2 Å². The minimum atomic E-state index is -0.681. The summed E-state index contributed by atoms with van der Waals surface area (Å²) in [5, 5.41) is 13.2. The second kappa shape index (κ2) is 10.7. The second-order valence-electron chi connectivity index (χ2n) is 9.48. The third-order valence-corrected chi connectivity index (χ3v) is 5.36.